The van der Waals surface area contributed by atoms with Crippen LogP contribution in [0.4, 0.5) is 2.87 Å². The zero-order chi connectivity index (χ0) is 14.2. The first-order valence-electron chi connectivity index (χ1n) is 8.02. The molecular formula is C16H30FOSn-. The van der Waals surface area contributed by atoms with Gasteiger partial charge in [0.1, 0.15) is 0 Å². The van der Waals surface area contributed by atoms with Crippen molar-refractivity contribution in [2.24, 2.45) is 0 Å². The maximum atomic E-state index is 16.4. The predicted octanol–water partition coefficient (Wildman–Crippen LogP) is 5.76. The van der Waals surface area contributed by atoms with Crippen LogP contribution in [0, 0.1) is 0 Å². The van der Waals surface area contributed by atoms with E-state index in [9.17, 15) is 0 Å². The summed E-state index contributed by atoms with van der Waals surface area (Å²) in [7, 11) is 0. The van der Waals surface area contributed by atoms with Gasteiger partial charge in [0.25, 0.3) is 0 Å². The Morgan fingerprint density at radius 1 is 0.947 bits per heavy atom. The monoisotopic (exact) mass is 377 g/mol. The van der Waals surface area contributed by atoms with E-state index >= 15 is 2.87 Å². The van der Waals surface area contributed by atoms with Crippen LogP contribution in [-0.4, -0.2) is 17.6 Å². The molecule has 0 unspecified atom stereocenters. The fourth-order valence-electron chi connectivity index (χ4n) is 3.12. The molecule has 0 aliphatic carbocycles. The van der Waals surface area contributed by atoms with Crippen LogP contribution in [0.25, 0.3) is 0 Å². The second-order valence-electron chi connectivity index (χ2n) is 6.06. The number of furan rings is 1. The second kappa shape index (κ2) is 7.70. The predicted molar refractivity (Wildman–Crippen MR) is 84.3 cm³/mol. The van der Waals surface area contributed by atoms with Gasteiger partial charge in [-0.05, 0) is 0 Å². The zero-order valence-electron chi connectivity index (χ0n) is 12.9. The van der Waals surface area contributed by atoms with E-state index < -0.39 is 17.6 Å². The van der Waals surface area contributed by atoms with Gasteiger partial charge in [-0.25, -0.2) is 0 Å². The van der Waals surface area contributed by atoms with Gasteiger partial charge in [0.05, 0.1) is 0 Å². The van der Waals surface area contributed by atoms with E-state index in [4.69, 9.17) is 4.42 Å². The van der Waals surface area contributed by atoms with Crippen molar-refractivity contribution in [1.82, 2.24) is 0 Å². The van der Waals surface area contributed by atoms with Gasteiger partial charge >= 0.3 is 120 Å². The Labute approximate surface area is 119 Å². The first-order chi connectivity index (χ1) is 9.09. The summed E-state index contributed by atoms with van der Waals surface area (Å²) in [6.07, 6.45) is 7.92. The Hall–Kier alpha value is 0.00870. The molecule has 0 fully saturated rings. The van der Waals surface area contributed by atoms with Gasteiger partial charge in [0, 0.05) is 0 Å². The number of hydrogen-bond donors (Lipinski definition) is 0. The summed E-state index contributed by atoms with van der Waals surface area (Å²) in [6, 6.07) is 3.79. The Balaban J connectivity index is 3.07. The van der Waals surface area contributed by atoms with Gasteiger partial charge in [-0.1, -0.05) is 0 Å². The third-order valence-corrected chi connectivity index (χ3v) is 21.6. The third-order valence-electron chi connectivity index (χ3n) is 4.45. The molecule has 0 N–H and O–H groups in total. The minimum atomic E-state index is -4.36. The molecular weight excluding hydrogens is 346 g/mol. The summed E-state index contributed by atoms with van der Waals surface area (Å²) in [4.78, 5) is 0. The summed E-state index contributed by atoms with van der Waals surface area (Å²) < 4.78 is 25.2. The van der Waals surface area contributed by atoms with Gasteiger partial charge in [-0.3, -0.25) is 0 Å². The van der Waals surface area contributed by atoms with E-state index in [0.717, 1.165) is 55.6 Å². The van der Waals surface area contributed by atoms with Gasteiger partial charge in [-0.2, -0.15) is 0 Å². The second-order valence-corrected chi connectivity index (χ2v) is 21.9. The standard InChI is InChI=1S/C4H3O.3C4H9.FH.Sn/c1-2-4-5-3-1;3*1-3-4-2;;/h1-3H;3*1,3-4H2,2H3;1H;/p-1. The fraction of sp³-hybridized carbons (Fsp3) is 0.750. The molecule has 1 aromatic rings. The molecule has 112 valence electrons. The first kappa shape index (κ1) is 17.1. The van der Waals surface area contributed by atoms with Crippen LogP contribution in [0.1, 0.15) is 59.3 Å². The minimum absolute atomic E-state index is 0.761. The third kappa shape index (κ3) is 4.24. The van der Waals surface area contributed by atoms with Crippen molar-refractivity contribution in [3.63, 3.8) is 0 Å². The van der Waals surface area contributed by atoms with Crippen LogP contribution >= 0.6 is 0 Å². The molecule has 1 heterocycles. The molecule has 0 radical (unpaired) electrons. The molecule has 0 saturated heterocycles. The molecule has 1 rings (SSSR count). The van der Waals surface area contributed by atoms with E-state index in [1.54, 1.807) is 6.26 Å². The Kier molecular flexibility index (Phi) is 6.92. The molecule has 19 heavy (non-hydrogen) atoms. The molecule has 0 amide bonds. The summed E-state index contributed by atoms with van der Waals surface area (Å²) in [6.45, 7) is 6.46. The molecule has 0 saturated carbocycles. The van der Waals surface area contributed by atoms with Gasteiger partial charge in [0.15, 0.2) is 0 Å². The molecule has 1 aromatic heterocycles. The average molecular weight is 376 g/mol. The van der Waals surface area contributed by atoms with Gasteiger partial charge < -0.3 is 0 Å². The quantitative estimate of drug-likeness (QED) is 0.474. The van der Waals surface area contributed by atoms with Crippen molar-refractivity contribution in [2.75, 3.05) is 0 Å². The van der Waals surface area contributed by atoms with Crippen LogP contribution in [0.15, 0.2) is 22.8 Å². The Morgan fingerprint density at radius 2 is 1.42 bits per heavy atom. The molecule has 0 aromatic carbocycles. The van der Waals surface area contributed by atoms with E-state index in [2.05, 4.69) is 20.8 Å². The molecule has 1 nitrogen and oxygen atoms in total. The van der Waals surface area contributed by atoms with Crippen molar-refractivity contribution in [3.8, 4) is 0 Å². The van der Waals surface area contributed by atoms with Crippen molar-refractivity contribution in [1.29, 1.82) is 0 Å². The fourth-order valence-corrected chi connectivity index (χ4v) is 19.8. The average Bonchev–Trinajstić information content (AvgIpc) is 2.97. The van der Waals surface area contributed by atoms with Crippen LogP contribution in [0.2, 0.25) is 13.3 Å². The van der Waals surface area contributed by atoms with Crippen molar-refractivity contribution in [2.45, 2.75) is 72.6 Å². The number of rotatable bonds is 10. The molecule has 3 heteroatoms. The number of halogens is 1. The van der Waals surface area contributed by atoms with Crippen molar-refractivity contribution >= 4 is 21.3 Å². The van der Waals surface area contributed by atoms with Crippen molar-refractivity contribution in [3.05, 3.63) is 18.4 Å². The van der Waals surface area contributed by atoms with Crippen LogP contribution < -0.4 is 3.78 Å². The van der Waals surface area contributed by atoms with E-state index in [1.807, 2.05) is 12.1 Å². The van der Waals surface area contributed by atoms with Crippen LogP contribution in [0.3, 0.4) is 0 Å². The summed E-state index contributed by atoms with van der Waals surface area (Å²) in [5.74, 6) is 0. The van der Waals surface area contributed by atoms with Gasteiger partial charge in [-0.15, -0.1) is 0 Å². The Bertz CT molecular complexity index is 323. The van der Waals surface area contributed by atoms with E-state index in [0.29, 0.717) is 0 Å². The normalized spacial score (nSPS) is 14.2. The number of hydrogen-bond acceptors (Lipinski definition) is 1. The van der Waals surface area contributed by atoms with Crippen molar-refractivity contribution < 1.29 is 7.28 Å². The van der Waals surface area contributed by atoms with E-state index in [1.165, 1.54) is 0 Å². The summed E-state index contributed by atoms with van der Waals surface area (Å²) >= 11 is -4.36. The maximum absolute atomic E-state index is 16.4. The first-order valence-corrected chi connectivity index (χ1v) is 16.6. The molecule has 0 atom stereocenters. The van der Waals surface area contributed by atoms with Crippen LogP contribution in [-0.2, 0) is 0 Å². The topological polar surface area (TPSA) is 13.1 Å². The zero-order valence-corrected chi connectivity index (χ0v) is 15.7. The van der Waals surface area contributed by atoms with E-state index in [-0.39, 0.29) is 0 Å². The molecule has 0 aliphatic heterocycles. The SMILES string of the molecule is CCC[CH2][Sn-]([F])([CH2]CCC)([CH2]CCC)[c]1ccco1. The summed E-state index contributed by atoms with van der Waals surface area (Å²) in [5, 5.41) is 0. The summed E-state index contributed by atoms with van der Waals surface area (Å²) in [5.41, 5.74) is 0. The van der Waals surface area contributed by atoms with Gasteiger partial charge in [0.2, 0.25) is 0 Å². The Morgan fingerprint density at radius 3 is 1.74 bits per heavy atom. The molecule has 0 spiro atoms. The number of unbranched alkanes of at least 4 members (excludes halogenated alkanes) is 3. The molecule has 0 aliphatic rings. The molecule has 0 bridgehead atoms. The van der Waals surface area contributed by atoms with Crippen LogP contribution in [0.5, 0.6) is 0 Å².